The molecule has 4 heteroatoms. The third kappa shape index (κ3) is 3.68. The van der Waals surface area contributed by atoms with Crippen molar-refractivity contribution < 1.29 is 9.59 Å². The van der Waals surface area contributed by atoms with Crippen LogP contribution in [0.5, 0.6) is 0 Å². The van der Waals surface area contributed by atoms with E-state index in [1.54, 1.807) is 6.92 Å². The van der Waals surface area contributed by atoms with Crippen LogP contribution < -0.4 is 9.80 Å². The molecule has 4 rings (SSSR count). The first-order valence-corrected chi connectivity index (χ1v) is 12.4. The van der Waals surface area contributed by atoms with Crippen LogP contribution in [-0.2, 0) is 15.0 Å². The van der Waals surface area contributed by atoms with Crippen LogP contribution in [0.15, 0.2) is 48.5 Å². The molecule has 0 N–H and O–H groups in total. The zero-order chi connectivity index (χ0) is 25.1. The molecule has 1 unspecified atom stereocenters. The Hall–Kier alpha value is -2.88. The third-order valence-electron chi connectivity index (χ3n) is 7.60. The largest absolute Gasteiger partial charge is 0.307 e. The zero-order valence-electron chi connectivity index (χ0n) is 22.0. The number of carbonyl (C=O) groups excluding carboxylic acids is 2. The van der Waals surface area contributed by atoms with Crippen molar-refractivity contribution in [2.75, 3.05) is 9.80 Å². The maximum Gasteiger partial charge on any atom is 0.227 e. The van der Waals surface area contributed by atoms with Gasteiger partial charge in [0.2, 0.25) is 11.8 Å². The first-order valence-electron chi connectivity index (χ1n) is 12.4. The van der Waals surface area contributed by atoms with Gasteiger partial charge in [-0.2, -0.15) is 0 Å². The molecular weight excluding hydrogens is 420 g/mol. The molecule has 1 atom stereocenters. The van der Waals surface area contributed by atoms with Crippen LogP contribution >= 0.6 is 0 Å². The average molecular weight is 459 g/mol. The third-order valence-corrected chi connectivity index (χ3v) is 7.60. The lowest BCUT2D eigenvalue weighted by Crippen LogP contribution is -2.55. The van der Waals surface area contributed by atoms with E-state index in [0.29, 0.717) is 6.42 Å². The van der Waals surface area contributed by atoms with Gasteiger partial charge in [-0.05, 0) is 82.4 Å². The molecule has 0 saturated carbocycles. The molecule has 0 spiro atoms. The number of nitrogens with zero attached hydrogens (tertiary/aromatic N) is 2. The van der Waals surface area contributed by atoms with Gasteiger partial charge in [0.05, 0.1) is 11.2 Å². The summed E-state index contributed by atoms with van der Waals surface area (Å²) in [5.41, 5.74) is 5.69. The maximum absolute atomic E-state index is 13.2. The van der Waals surface area contributed by atoms with E-state index in [1.807, 2.05) is 15.9 Å². The number of rotatable bonds is 3. The lowest BCUT2D eigenvalue weighted by molar-refractivity contribution is -0.120. The van der Waals surface area contributed by atoms with Crippen LogP contribution in [-0.4, -0.2) is 22.9 Å². The van der Waals surface area contributed by atoms with Gasteiger partial charge in [0.25, 0.3) is 0 Å². The number of allylic oxidation sites excluding steroid dienone is 1. The van der Waals surface area contributed by atoms with Crippen molar-refractivity contribution in [3.05, 3.63) is 65.2 Å². The topological polar surface area (TPSA) is 40.6 Å². The van der Waals surface area contributed by atoms with Crippen LogP contribution in [0.25, 0.3) is 5.57 Å². The molecule has 2 aromatic rings. The maximum atomic E-state index is 13.2. The monoisotopic (exact) mass is 458 g/mol. The summed E-state index contributed by atoms with van der Waals surface area (Å²) >= 11 is 0. The highest BCUT2D eigenvalue weighted by Crippen LogP contribution is 2.52. The van der Waals surface area contributed by atoms with Crippen LogP contribution in [0.3, 0.4) is 0 Å². The minimum atomic E-state index is -0.367. The number of benzene rings is 2. The molecule has 180 valence electrons. The minimum absolute atomic E-state index is 0.0446. The fourth-order valence-electron chi connectivity index (χ4n) is 6.50. The fraction of sp³-hybridized carbons (Fsp3) is 0.467. The zero-order valence-corrected chi connectivity index (χ0v) is 22.0. The van der Waals surface area contributed by atoms with Gasteiger partial charge < -0.3 is 9.80 Å². The van der Waals surface area contributed by atoms with Crippen molar-refractivity contribution in [2.24, 2.45) is 0 Å². The van der Waals surface area contributed by atoms with E-state index >= 15 is 0 Å². The first kappa shape index (κ1) is 24.3. The summed E-state index contributed by atoms with van der Waals surface area (Å²) in [6.45, 7) is 16.6. The quantitative estimate of drug-likeness (QED) is 0.504. The van der Waals surface area contributed by atoms with Crippen LogP contribution in [0.4, 0.5) is 11.4 Å². The number of anilines is 2. The second-order valence-electron chi connectivity index (χ2n) is 11.4. The smallest absolute Gasteiger partial charge is 0.227 e. The van der Waals surface area contributed by atoms with E-state index in [0.717, 1.165) is 29.8 Å². The first-order chi connectivity index (χ1) is 15.8. The Morgan fingerprint density at radius 3 is 2.26 bits per heavy atom. The van der Waals surface area contributed by atoms with Gasteiger partial charge in [-0.1, -0.05) is 44.2 Å². The molecule has 2 aromatic carbocycles. The number of fused-ring (bicyclic) bond motifs is 2. The summed E-state index contributed by atoms with van der Waals surface area (Å²) in [5.74, 6) is 0.230. The summed E-state index contributed by atoms with van der Waals surface area (Å²) in [4.78, 5) is 29.7. The van der Waals surface area contributed by atoms with Gasteiger partial charge in [0, 0.05) is 35.5 Å². The Bertz CT molecular complexity index is 1190. The number of carbonyl (C=O) groups is 2. The normalized spacial score (nSPS) is 22.5. The van der Waals surface area contributed by atoms with Gasteiger partial charge in [-0.25, -0.2) is 0 Å². The summed E-state index contributed by atoms with van der Waals surface area (Å²) < 4.78 is 0. The Morgan fingerprint density at radius 1 is 0.941 bits per heavy atom. The number of hydrogen-bond acceptors (Lipinski definition) is 2. The van der Waals surface area contributed by atoms with Crippen molar-refractivity contribution in [3.63, 3.8) is 0 Å². The predicted molar refractivity (Wildman–Crippen MR) is 141 cm³/mol. The Labute approximate surface area is 204 Å². The standard InChI is InChI=1S/C30H38N2O2/c1-9-12-27(34)32-26-14-11-10-13-24(26)30(8,19-29(32,6)7)22-15-16-25-23(17-22)20(2)18-28(4,5)31(25)21(3)33/h10-11,13-18H,9,12,19H2,1-8H3. The lowest BCUT2D eigenvalue weighted by Gasteiger charge is -2.51. The summed E-state index contributed by atoms with van der Waals surface area (Å²) in [6.07, 6.45) is 4.39. The summed E-state index contributed by atoms with van der Waals surface area (Å²) in [6, 6.07) is 14.9. The highest BCUT2D eigenvalue weighted by atomic mass is 16.2. The molecule has 2 amide bonds. The number of amides is 2. The van der Waals surface area contributed by atoms with Gasteiger partial charge in [0.15, 0.2) is 0 Å². The van der Waals surface area contributed by atoms with Crippen molar-refractivity contribution in [3.8, 4) is 0 Å². The van der Waals surface area contributed by atoms with Gasteiger partial charge >= 0.3 is 0 Å². The van der Waals surface area contributed by atoms with E-state index < -0.39 is 0 Å². The summed E-state index contributed by atoms with van der Waals surface area (Å²) in [5, 5.41) is 0. The summed E-state index contributed by atoms with van der Waals surface area (Å²) in [7, 11) is 0. The van der Waals surface area contributed by atoms with Crippen molar-refractivity contribution in [1.29, 1.82) is 0 Å². The molecule has 4 nitrogen and oxygen atoms in total. The second-order valence-corrected chi connectivity index (χ2v) is 11.4. The highest BCUT2D eigenvalue weighted by Gasteiger charge is 2.48. The van der Waals surface area contributed by atoms with E-state index in [-0.39, 0.29) is 28.3 Å². The number of para-hydroxylation sites is 1. The molecule has 34 heavy (non-hydrogen) atoms. The van der Waals surface area contributed by atoms with Crippen LogP contribution in [0.2, 0.25) is 0 Å². The lowest BCUT2D eigenvalue weighted by atomic mass is 9.64. The molecule has 0 bridgehead atoms. The Morgan fingerprint density at radius 2 is 1.62 bits per heavy atom. The fourth-order valence-corrected chi connectivity index (χ4v) is 6.50. The van der Waals surface area contributed by atoms with Gasteiger partial charge in [-0.3, -0.25) is 9.59 Å². The molecule has 0 saturated heterocycles. The van der Waals surface area contributed by atoms with Gasteiger partial charge in [0.1, 0.15) is 0 Å². The van der Waals surface area contributed by atoms with Crippen molar-refractivity contribution in [2.45, 2.75) is 91.1 Å². The highest BCUT2D eigenvalue weighted by molar-refractivity contribution is 6.00. The van der Waals surface area contributed by atoms with E-state index in [1.165, 1.54) is 16.7 Å². The van der Waals surface area contributed by atoms with Crippen LogP contribution in [0.1, 0.15) is 91.3 Å². The molecule has 0 fully saturated rings. The number of hydrogen-bond donors (Lipinski definition) is 0. The predicted octanol–water partition coefficient (Wildman–Crippen LogP) is 6.86. The Balaban J connectivity index is 1.90. The molecule has 2 aliphatic heterocycles. The molecular formula is C30H38N2O2. The molecule has 2 heterocycles. The molecule has 0 radical (unpaired) electrons. The van der Waals surface area contributed by atoms with E-state index in [2.05, 4.69) is 90.9 Å². The minimum Gasteiger partial charge on any atom is -0.307 e. The molecule has 0 aliphatic carbocycles. The van der Waals surface area contributed by atoms with E-state index in [4.69, 9.17) is 0 Å². The molecule has 0 aromatic heterocycles. The van der Waals surface area contributed by atoms with Crippen molar-refractivity contribution >= 4 is 28.8 Å². The van der Waals surface area contributed by atoms with Crippen LogP contribution in [0, 0.1) is 0 Å². The second kappa shape index (κ2) is 8.11. The SMILES string of the molecule is CCCC(=O)N1c2ccccc2C(C)(c2ccc3c(c2)C(C)=CC(C)(C)N3C(C)=O)CC1(C)C. The Kier molecular flexibility index (Phi) is 5.78. The molecule has 2 aliphatic rings. The average Bonchev–Trinajstić information content (AvgIpc) is 2.72. The van der Waals surface area contributed by atoms with Gasteiger partial charge in [-0.15, -0.1) is 0 Å². The van der Waals surface area contributed by atoms with Crippen molar-refractivity contribution in [1.82, 2.24) is 0 Å². The van der Waals surface area contributed by atoms with E-state index in [9.17, 15) is 9.59 Å².